The van der Waals surface area contributed by atoms with E-state index in [0.717, 1.165) is 55.6 Å². The number of para-hydroxylation sites is 2. The first-order chi connectivity index (χ1) is 10.3. The van der Waals surface area contributed by atoms with E-state index in [1.807, 2.05) is 6.07 Å². The minimum atomic E-state index is -0.267. The van der Waals surface area contributed by atoms with Gasteiger partial charge in [-0.1, -0.05) is 25.0 Å². The van der Waals surface area contributed by atoms with Gasteiger partial charge in [-0.2, -0.15) is 0 Å². The number of hydrogen-bond acceptors (Lipinski definition) is 3. The third-order valence-corrected chi connectivity index (χ3v) is 4.87. The lowest BCUT2D eigenvalue weighted by molar-refractivity contribution is 0.0630. The molecule has 2 heterocycles. The molecule has 3 atom stereocenters. The summed E-state index contributed by atoms with van der Waals surface area (Å²) in [5.41, 5.74) is 2.15. The molecule has 0 spiro atoms. The Morgan fingerprint density at radius 3 is 2.76 bits per heavy atom. The Kier molecular flexibility index (Phi) is 3.43. The third-order valence-electron chi connectivity index (χ3n) is 4.87. The average molecular weight is 286 g/mol. The highest BCUT2D eigenvalue weighted by Crippen LogP contribution is 2.37. The number of aromatic nitrogens is 2. The van der Waals surface area contributed by atoms with Crippen LogP contribution in [0, 0.1) is 0 Å². The van der Waals surface area contributed by atoms with Crippen molar-refractivity contribution < 1.29 is 9.84 Å². The number of fused-ring (bicyclic) bond motifs is 1. The van der Waals surface area contributed by atoms with E-state index in [-0.39, 0.29) is 18.2 Å². The van der Waals surface area contributed by atoms with Gasteiger partial charge in [-0.25, -0.2) is 4.98 Å². The van der Waals surface area contributed by atoms with Crippen LogP contribution in [0.2, 0.25) is 0 Å². The summed E-state index contributed by atoms with van der Waals surface area (Å²) in [6.07, 6.45) is 6.18. The molecule has 4 heteroatoms. The number of imidazole rings is 1. The van der Waals surface area contributed by atoms with Crippen LogP contribution >= 0.6 is 0 Å². The van der Waals surface area contributed by atoms with E-state index < -0.39 is 0 Å². The molecule has 1 aliphatic heterocycles. The van der Waals surface area contributed by atoms with Gasteiger partial charge < -0.3 is 14.4 Å². The first-order valence-electron chi connectivity index (χ1n) is 8.11. The normalized spacial score (nSPS) is 30.0. The number of benzene rings is 1. The van der Waals surface area contributed by atoms with E-state index in [2.05, 4.69) is 22.8 Å². The summed E-state index contributed by atoms with van der Waals surface area (Å²) in [4.78, 5) is 4.83. The number of ether oxygens (including phenoxy) is 1. The molecule has 1 aromatic heterocycles. The van der Waals surface area contributed by atoms with Crippen LogP contribution in [0.4, 0.5) is 0 Å². The Labute approximate surface area is 124 Å². The van der Waals surface area contributed by atoms with E-state index in [1.54, 1.807) is 0 Å². The zero-order valence-electron chi connectivity index (χ0n) is 12.2. The molecule has 1 saturated carbocycles. The van der Waals surface area contributed by atoms with Crippen LogP contribution in [-0.4, -0.2) is 27.4 Å². The smallest absolute Gasteiger partial charge is 0.139 e. The molecule has 2 aliphatic rings. The van der Waals surface area contributed by atoms with Crippen LogP contribution in [0.5, 0.6) is 0 Å². The number of hydrogen-bond donors (Lipinski definition) is 1. The van der Waals surface area contributed by atoms with Gasteiger partial charge in [-0.15, -0.1) is 0 Å². The maximum absolute atomic E-state index is 10.5. The Balaban J connectivity index is 1.85. The SMILES string of the molecule is O[C@@H]1CCCC[C@H]1n1c([C@@H]2CCCO2)nc2ccccc21. The first kappa shape index (κ1) is 13.3. The predicted octanol–water partition coefficient (Wildman–Crippen LogP) is 3.36. The monoisotopic (exact) mass is 286 g/mol. The Morgan fingerprint density at radius 2 is 1.95 bits per heavy atom. The minimum Gasteiger partial charge on any atom is -0.391 e. The largest absolute Gasteiger partial charge is 0.391 e. The van der Waals surface area contributed by atoms with Crippen molar-refractivity contribution in [3.8, 4) is 0 Å². The second kappa shape index (κ2) is 5.43. The molecule has 0 radical (unpaired) electrons. The summed E-state index contributed by atoms with van der Waals surface area (Å²) in [5.74, 6) is 1.01. The van der Waals surface area contributed by atoms with Gasteiger partial charge in [0.1, 0.15) is 11.9 Å². The van der Waals surface area contributed by atoms with Crippen molar-refractivity contribution in [1.82, 2.24) is 9.55 Å². The highest BCUT2D eigenvalue weighted by atomic mass is 16.5. The van der Waals surface area contributed by atoms with Gasteiger partial charge in [0.25, 0.3) is 0 Å². The van der Waals surface area contributed by atoms with Crippen molar-refractivity contribution in [2.75, 3.05) is 6.61 Å². The van der Waals surface area contributed by atoms with Crippen LogP contribution in [0.25, 0.3) is 11.0 Å². The van der Waals surface area contributed by atoms with Crippen molar-refractivity contribution in [1.29, 1.82) is 0 Å². The van der Waals surface area contributed by atoms with E-state index in [9.17, 15) is 5.11 Å². The van der Waals surface area contributed by atoms with Gasteiger partial charge in [-0.05, 0) is 37.8 Å². The lowest BCUT2D eigenvalue weighted by Crippen LogP contribution is -2.29. The van der Waals surface area contributed by atoms with Crippen LogP contribution < -0.4 is 0 Å². The van der Waals surface area contributed by atoms with Crippen molar-refractivity contribution in [2.45, 2.75) is 56.8 Å². The van der Waals surface area contributed by atoms with Crippen molar-refractivity contribution in [3.63, 3.8) is 0 Å². The molecule has 1 saturated heterocycles. The lowest BCUT2D eigenvalue weighted by atomic mass is 9.92. The van der Waals surface area contributed by atoms with Gasteiger partial charge in [-0.3, -0.25) is 0 Å². The highest BCUT2D eigenvalue weighted by Gasteiger charge is 2.32. The van der Waals surface area contributed by atoms with Crippen LogP contribution in [0.1, 0.15) is 56.5 Å². The Morgan fingerprint density at radius 1 is 1.10 bits per heavy atom. The molecule has 2 fully saturated rings. The molecule has 0 bridgehead atoms. The maximum atomic E-state index is 10.5. The number of aliphatic hydroxyl groups is 1. The Hall–Kier alpha value is -1.39. The fourth-order valence-electron chi connectivity index (χ4n) is 3.81. The quantitative estimate of drug-likeness (QED) is 0.920. The van der Waals surface area contributed by atoms with Crippen LogP contribution in [-0.2, 0) is 4.74 Å². The van der Waals surface area contributed by atoms with Gasteiger partial charge in [0.15, 0.2) is 0 Å². The predicted molar refractivity (Wildman–Crippen MR) is 81.2 cm³/mol. The summed E-state index contributed by atoms with van der Waals surface area (Å²) in [6.45, 7) is 0.821. The maximum Gasteiger partial charge on any atom is 0.139 e. The molecule has 4 nitrogen and oxygen atoms in total. The molecule has 0 amide bonds. The molecule has 0 unspecified atom stereocenters. The molecule has 2 aromatic rings. The zero-order valence-corrected chi connectivity index (χ0v) is 12.2. The molecule has 1 aromatic carbocycles. The number of aliphatic hydroxyl groups excluding tert-OH is 1. The summed E-state index contributed by atoms with van der Waals surface area (Å²) in [6, 6.07) is 8.39. The van der Waals surface area contributed by atoms with Crippen molar-refractivity contribution >= 4 is 11.0 Å². The topological polar surface area (TPSA) is 47.3 Å². The molecular weight excluding hydrogens is 264 g/mol. The third kappa shape index (κ3) is 2.27. The average Bonchev–Trinajstić information content (AvgIpc) is 3.15. The second-order valence-electron chi connectivity index (χ2n) is 6.25. The van der Waals surface area contributed by atoms with Crippen LogP contribution in [0.15, 0.2) is 24.3 Å². The van der Waals surface area contributed by atoms with Gasteiger partial charge in [0.2, 0.25) is 0 Å². The van der Waals surface area contributed by atoms with E-state index in [4.69, 9.17) is 9.72 Å². The molecule has 1 N–H and O–H groups in total. The fraction of sp³-hybridized carbons (Fsp3) is 0.588. The van der Waals surface area contributed by atoms with Gasteiger partial charge >= 0.3 is 0 Å². The summed E-state index contributed by atoms with van der Waals surface area (Å²) in [7, 11) is 0. The molecule has 1 aliphatic carbocycles. The fourth-order valence-corrected chi connectivity index (χ4v) is 3.81. The highest BCUT2D eigenvalue weighted by molar-refractivity contribution is 5.76. The van der Waals surface area contributed by atoms with Crippen molar-refractivity contribution in [3.05, 3.63) is 30.1 Å². The molecule has 4 rings (SSSR count). The Bertz CT molecular complexity index is 631. The second-order valence-corrected chi connectivity index (χ2v) is 6.25. The van der Waals surface area contributed by atoms with Crippen molar-refractivity contribution in [2.24, 2.45) is 0 Å². The lowest BCUT2D eigenvalue weighted by Gasteiger charge is -2.31. The number of nitrogens with zero attached hydrogens (tertiary/aromatic N) is 2. The van der Waals surface area contributed by atoms with Gasteiger partial charge in [0.05, 0.1) is 23.2 Å². The summed E-state index contributed by atoms with van der Waals surface area (Å²) < 4.78 is 8.14. The van der Waals surface area contributed by atoms with E-state index in [0.29, 0.717) is 0 Å². The zero-order chi connectivity index (χ0) is 14.2. The van der Waals surface area contributed by atoms with Gasteiger partial charge in [0, 0.05) is 6.61 Å². The van der Waals surface area contributed by atoms with Crippen LogP contribution in [0.3, 0.4) is 0 Å². The molecule has 21 heavy (non-hydrogen) atoms. The number of rotatable bonds is 2. The standard InChI is InChI=1S/C17H22N2O2/c20-15-9-4-3-8-14(15)19-13-7-2-1-6-12(13)18-17(19)16-10-5-11-21-16/h1-2,6-7,14-16,20H,3-5,8-11H2/t14-,15-,16+/m1/s1. The molecule has 112 valence electrons. The minimum absolute atomic E-state index is 0.0894. The molecular formula is C17H22N2O2. The summed E-state index contributed by atoms with van der Waals surface area (Å²) >= 11 is 0. The summed E-state index contributed by atoms with van der Waals surface area (Å²) in [5, 5.41) is 10.5. The van der Waals surface area contributed by atoms with E-state index in [1.165, 1.54) is 6.42 Å². The van der Waals surface area contributed by atoms with E-state index >= 15 is 0 Å². The first-order valence-corrected chi connectivity index (χ1v) is 8.11.